The zero-order valence-corrected chi connectivity index (χ0v) is 10.3. The average Bonchev–Trinajstić information content (AvgIpc) is 2.71. The second-order valence-electron chi connectivity index (χ2n) is 3.10. The zero-order valence-electron chi connectivity index (χ0n) is 7.92. The lowest BCUT2D eigenvalue weighted by atomic mass is 10.3. The third-order valence-corrected chi connectivity index (χ3v) is 2.90. The third kappa shape index (κ3) is 2.10. The highest BCUT2D eigenvalue weighted by Gasteiger charge is 2.10. The number of rotatable bonds is 2. The van der Waals surface area contributed by atoms with E-state index in [0.29, 0.717) is 5.69 Å². The van der Waals surface area contributed by atoms with E-state index < -0.39 is 11.6 Å². The summed E-state index contributed by atoms with van der Waals surface area (Å²) in [5.41, 5.74) is 0.797. The minimum Gasteiger partial charge on any atom is -0.238 e. The summed E-state index contributed by atoms with van der Waals surface area (Å²) in [6.45, 7) is 0. The maximum atomic E-state index is 13.5. The predicted molar refractivity (Wildman–Crippen MR) is 60.7 cm³/mol. The largest absolute Gasteiger partial charge is 0.238 e. The van der Waals surface area contributed by atoms with Crippen molar-refractivity contribution in [2.24, 2.45) is 0 Å². The molecule has 0 atom stereocenters. The molecule has 2 aromatic rings. The third-order valence-electron chi connectivity index (χ3n) is 2.02. The Morgan fingerprint density at radius 2 is 2.06 bits per heavy atom. The summed E-state index contributed by atoms with van der Waals surface area (Å²) in [4.78, 5) is 0. The van der Waals surface area contributed by atoms with Crippen LogP contribution >= 0.6 is 27.5 Å². The first-order valence-electron chi connectivity index (χ1n) is 4.37. The molecule has 6 heteroatoms. The van der Waals surface area contributed by atoms with Crippen molar-refractivity contribution in [3.05, 3.63) is 46.2 Å². The molecule has 0 fully saturated rings. The first kappa shape index (κ1) is 11.5. The molecule has 0 N–H and O–H groups in total. The van der Waals surface area contributed by atoms with Gasteiger partial charge in [0.05, 0.1) is 16.0 Å². The van der Waals surface area contributed by atoms with E-state index in [1.807, 2.05) is 0 Å². The van der Waals surface area contributed by atoms with E-state index in [1.165, 1.54) is 10.7 Å². The Kier molecular flexibility index (Phi) is 3.25. The number of halogens is 4. The van der Waals surface area contributed by atoms with Crippen LogP contribution in [0.5, 0.6) is 0 Å². The van der Waals surface area contributed by atoms with Crippen LogP contribution in [0, 0.1) is 11.6 Å². The molecule has 0 unspecified atom stereocenters. The number of aromatic nitrogens is 2. The van der Waals surface area contributed by atoms with Crippen molar-refractivity contribution in [3.8, 4) is 5.69 Å². The molecule has 0 aliphatic heterocycles. The molecule has 0 aliphatic rings. The van der Waals surface area contributed by atoms with E-state index in [1.54, 1.807) is 12.3 Å². The zero-order chi connectivity index (χ0) is 11.7. The van der Waals surface area contributed by atoms with E-state index in [4.69, 9.17) is 11.6 Å². The molecule has 0 saturated heterocycles. The minimum atomic E-state index is -0.676. The fourth-order valence-corrected chi connectivity index (χ4v) is 1.73. The Morgan fingerprint density at radius 3 is 2.69 bits per heavy atom. The van der Waals surface area contributed by atoms with E-state index in [9.17, 15) is 8.78 Å². The van der Waals surface area contributed by atoms with Crippen LogP contribution in [0.15, 0.2) is 28.9 Å². The van der Waals surface area contributed by atoms with Gasteiger partial charge in [0.1, 0.15) is 11.5 Å². The fourth-order valence-electron chi connectivity index (χ4n) is 1.25. The smallest absolute Gasteiger partial charge is 0.151 e. The van der Waals surface area contributed by atoms with Crippen LogP contribution in [0.3, 0.4) is 0 Å². The maximum Gasteiger partial charge on any atom is 0.151 e. The van der Waals surface area contributed by atoms with Crippen LogP contribution in [0.25, 0.3) is 5.69 Å². The van der Waals surface area contributed by atoms with E-state index in [2.05, 4.69) is 21.0 Å². The van der Waals surface area contributed by atoms with Crippen molar-refractivity contribution in [1.29, 1.82) is 0 Å². The molecule has 16 heavy (non-hydrogen) atoms. The van der Waals surface area contributed by atoms with Gasteiger partial charge in [-0.05, 0) is 28.1 Å². The van der Waals surface area contributed by atoms with Gasteiger partial charge < -0.3 is 0 Å². The van der Waals surface area contributed by atoms with Crippen LogP contribution in [-0.4, -0.2) is 9.78 Å². The normalized spacial score (nSPS) is 10.8. The van der Waals surface area contributed by atoms with Gasteiger partial charge in [-0.3, -0.25) is 0 Å². The SMILES string of the molecule is Fc1cc(F)c(-n2ccc(CCl)n2)cc1Br. The molecule has 0 radical (unpaired) electrons. The molecular weight excluding hydrogens is 301 g/mol. The second kappa shape index (κ2) is 4.51. The molecule has 0 aliphatic carbocycles. The molecular formula is C10H6BrClF2N2. The number of benzene rings is 1. The highest BCUT2D eigenvalue weighted by molar-refractivity contribution is 9.10. The molecule has 2 nitrogen and oxygen atoms in total. The van der Waals surface area contributed by atoms with E-state index in [-0.39, 0.29) is 16.0 Å². The van der Waals surface area contributed by atoms with E-state index >= 15 is 0 Å². The Hall–Kier alpha value is -0.940. The molecule has 1 aromatic heterocycles. The second-order valence-corrected chi connectivity index (χ2v) is 4.22. The van der Waals surface area contributed by atoms with Crippen molar-refractivity contribution in [2.75, 3.05) is 0 Å². The number of nitrogens with zero attached hydrogens (tertiary/aromatic N) is 2. The summed E-state index contributed by atoms with van der Waals surface area (Å²) in [5.74, 6) is -1.08. The van der Waals surface area contributed by atoms with Crippen LogP contribution < -0.4 is 0 Å². The summed E-state index contributed by atoms with van der Waals surface area (Å²) in [6, 6.07) is 3.81. The van der Waals surface area contributed by atoms with Crippen molar-refractivity contribution in [3.63, 3.8) is 0 Å². The van der Waals surface area contributed by atoms with Gasteiger partial charge in [-0.2, -0.15) is 5.10 Å². The minimum absolute atomic E-state index is 0.171. The van der Waals surface area contributed by atoms with Crippen LogP contribution in [-0.2, 0) is 5.88 Å². The molecule has 0 amide bonds. The van der Waals surface area contributed by atoms with Crippen LogP contribution in [0.2, 0.25) is 0 Å². The first-order chi connectivity index (χ1) is 7.61. The molecule has 2 rings (SSSR count). The van der Waals surface area contributed by atoms with Crippen molar-refractivity contribution < 1.29 is 8.78 Å². The monoisotopic (exact) mass is 306 g/mol. The van der Waals surface area contributed by atoms with Crippen LogP contribution in [0.1, 0.15) is 5.69 Å². The van der Waals surface area contributed by atoms with E-state index in [0.717, 1.165) is 6.07 Å². The fraction of sp³-hybridized carbons (Fsp3) is 0.100. The highest BCUT2D eigenvalue weighted by Crippen LogP contribution is 2.22. The lowest BCUT2D eigenvalue weighted by molar-refractivity contribution is 0.569. The van der Waals surface area contributed by atoms with Crippen molar-refractivity contribution in [2.45, 2.75) is 5.88 Å². The number of hydrogen-bond acceptors (Lipinski definition) is 1. The first-order valence-corrected chi connectivity index (χ1v) is 5.70. The van der Waals surface area contributed by atoms with Crippen LogP contribution in [0.4, 0.5) is 8.78 Å². The Balaban J connectivity index is 2.51. The van der Waals surface area contributed by atoms with Gasteiger partial charge in [0.15, 0.2) is 5.82 Å². The van der Waals surface area contributed by atoms with Crippen molar-refractivity contribution >= 4 is 27.5 Å². The van der Waals surface area contributed by atoms with Gasteiger partial charge in [-0.15, -0.1) is 11.6 Å². The molecule has 1 aromatic carbocycles. The Bertz CT molecular complexity index is 528. The number of alkyl halides is 1. The lowest BCUT2D eigenvalue weighted by Crippen LogP contribution is -2.00. The summed E-state index contributed by atoms with van der Waals surface area (Å²) >= 11 is 8.58. The molecule has 1 heterocycles. The van der Waals surface area contributed by atoms with Gasteiger partial charge in [-0.25, -0.2) is 13.5 Å². The highest BCUT2D eigenvalue weighted by atomic mass is 79.9. The quantitative estimate of drug-likeness (QED) is 0.612. The molecule has 84 valence electrons. The average molecular weight is 308 g/mol. The topological polar surface area (TPSA) is 17.8 Å². The summed E-state index contributed by atoms with van der Waals surface area (Å²) < 4.78 is 28.0. The summed E-state index contributed by atoms with van der Waals surface area (Å²) in [7, 11) is 0. The van der Waals surface area contributed by atoms with Gasteiger partial charge in [0.2, 0.25) is 0 Å². The molecule has 0 spiro atoms. The van der Waals surface area contributed by atoms with Gasteiger partial charge in [-0.1, -0.05) is 0 Å². The van der Waals surface area contributed by atoms with Gasteiger partial charge >= 0.3 is 0 Å². The number of hydrogen-bond donors (Lipinski definition) is 0. The maximum absolute atomic E-state index is 13.5. The predicted octanol–water partition coefficient (Wildman–Crippen LogP) is 3.65. The Morgan fingerprint density at radius 1 is 1.31 bits per heavy atom. The summed E-state index contributed by atoms with van der Waals surface area (Å²) in [5, 5.41) is 4.03. The molecule has 0 bridgehead atoms. The van der Waals surface area contributed by atoms with Gasteiger partial charge in [0.25, 0.3) is 0 Å². The standard InChI is InChI=1S/C10H6BrClF2N2/c11-7-3-10(9(14)4-8(7)13)16-2-1-6(5-12)15-16/h1-4H,5H2. The van der Waals surface area contributed by atoms with Gasteiger partial charge in [0, 0.05) is 12.3 Å². The lowest BCUT2D eigenvalue weighted by Gasteiger charge is -2.04. The summed E-state index contributed by atoms with van der Waals surface area (Å²) in [6.07, 6.45) is 1.57. The molecule has 0 saturated carbocycles. The van der Waals surface area contributed by atoms with Crippen molar-refractivity contribution in [1.82, 2.24) is 9.78 Å². The Labute approximate surface area is 104 Å².